The molecule has 3 amide bonds. The monoisotopic (exact) mass is 313 g/mol. The van der Waals surface area contributed by atoms with Crippen LogP contribution < -0.4 is 4.90 Å². The Morgan fingerprint density at radius 1 is 1.17 bits per heavy atom. The molecule has 0 radical (unpaired) electrons. The van der Waals surface area contributed by atoms with Gasteiger partial charge in [-0.15, -0.1) is 13.2 Å². The van der Waals surface area contributed by atoms with Crippen LogP contribution in [0.5, 0.6) is 0 Å². The number of carbonyl (C=O) groups excluding carboxylic acids is 2. The fourth-order valence-corrected chi connectivity index (χ4v) is 2.55. The molecule has 23 heavy (non-hydrogen) atoms. The van der Waals surface area contributed by atoms with E-state index >= 15 is 0 Å². The van der Waals surface area contributed by atoms with Crippen LogP contribution in [-0.4, -0.2) is 54.5 Å². The quantitative estimate of drug-likeness (QED) is 0.726. The van der Waals surface area contributed by atoms with E-state index in [1.54, 1.807) is 26.9 Å². The zero-order valence-corrected chi connectivity index (χ0v) is 13.6. The molecule has 1 aromatic rings. The standard InChI is InChI=1S/C18H23N3O2/c1-4-10-19(11-5-2)17(22)14-20-12-13-21(18(20)23)16-8-6-15(3)7-9-16/h4-9H,1-2,10-14H2,3H3. The van der Waals surface area contributed by atoms with Crippen LogP contribution >= 0.6 is 0 Å². The Morgan fingerprint density at radius 3 is 2.35 bits per heavy atom. The van der Waals surface area contributed by atoms with Crippen molar-refractivity contribution in [1.82, 2.24) is 9.80 Å². The third-order valence-corrected chi connectivity index (χ3v) is 3.82. The lowest BCUT2D eigenvalue weighted by Crippen LogP contribution is -2.42. The number of aryl methyl sites for hydroxylation is 1. The molecule has 0 spiro atoms. The Morgan fingerprint density at radius 2 is 1.78 bits per heavy atom. The first kappa shape index (κ1) is 16.8. The van der Waals surface area contributed by atoms with Crippen molar-refractivity contribution in [2.45, 2.75) is 6.92 Å². The molecule has 1 saturated heterocycles. The van der Waals surface area contributed by atoms with E-state index < -0.39 is 0 Å². The van der Waals surface area contributed by atoms with Crippen molar-refractivity contribution in [2.24, 2.45) is 0 Å². The Balaban J connectivity index is 2.01. The average Bonchev–Trinajstić information content (AvgIpc) is 2.89. The summed E-state index contributed by atoms with van der Waals surface area (Å²) in [7, 11) is 0. The average molecular weight is 313 g/mol. The highest BCUT2D eigenvalue weighted by Crippen LogP contribution is 2.20. The number of urea groups is 1. The first-order valence-corrected chi connectivity index (χ1v) is 7.69. The van der Waals surface area contributed by atoms with Gasteiger partial charge in [0.25, 0.3) is 0 Å². The van der Waals surface area contributed by atoms with Gasteiger partial charge >= 0.3 is 6.03 Å². The van der Waals surface area contributed by atoms with E-state index in [1.807, 2.05) is 31.2 Å². The van der Waals surface area contributed by atoms with Crippen LogP contribution in [-0.2, 0) is 4.79 Å². The van der Waals surface area contributed by atoms with Crippen molar-refractivity contribution in [1.29, 1.82) is 0 Å². The van der Waals surface area contributed by atoms with Gasteiger partial charge in [-0.25, -0.2) is 4.79 Å². The highest BCUT2D eigenvalue weighted by molar-refractivity contribution is 5.96. The van der Waals surface area contributed by atoms with E-state index in [0.717, 1.165) is 11.3 Å². The van der Waals surface area contributed by atoms with Crippen LogP contribution in [0.2, 0.25) is 0 Å². The predicted molar refractivity (Wildman–Crippen MR) is 92.5 cm³/mol. The molecular weight excluding hydrogens is 290 g/mol. The number of nitrogens with zero attached hydrogens (tertiary/aromatic N) is 3. The molecule has 1 aliphatic heterocycles. The Kier molecular flexibility index (Phi) is 5.57. The summed E-state index contributed by atoms with van der Waals surface area (Å²) < 4.78 is 0. The van der Waals surface area contributed by atoms with Gasteiger partial charge in [0, 0.05) is 31.9 Å². The van der Waals surface area contributed by atoms with Gasteiger partial charge in [-0.2, -0.15) is 0 Å². The van der Waals surface area contributed by atoms with Crippen molar-refractivity contribution < 1.29 is 9.59 Å². The van der Waals surface area contributed by atoms with Crippen molar-refractivity contribution in [3.05, 3.63) is 55.1 Å². The maximum atomic E-state index is 12.5. The van der Waals surface area contributed by atoms with Gasteiger partial charge in [-0.3, -0.25) is 9.69 Å². The normalized spacial score (nSPS) is 14.0. The minimum atomic E-state index is -0.126. The Labute approximate surface area is 137 Å². The highest BCUT2D eigenvalue weighted by Gasteiger charge is 2.31. The summed E-state index contributed by atoms with van der Waals surface area (Å²) in [5.74, 6) is -0.0936. The fourth-order valence-electron chi connectivity index (χ4n) is 2.55. The zero-order chi connectivity index (χ0) is 16.8. The molecule has 1 aliphatic rings. The Hall–Kier alpha value is -2.56. The maximum Gasteiger partial charge on any atom is 0.325 e. The van der Waals surface area contributed by atoms with E-state index in [9.17, 15) is 9.59 Å². The predicted octanol–water partition coefficient (Wildman–Crippen LogP) is 2.44. The minimum absolute atomic E-state index is 0.0862. The van der Waals surface area contributed by atoms with Crippen LogP contribution in [0.1, 0.15) is 5.56 Å². The van der Waals surface area contributed by atoms with E-state index in [1.165, 1.54) is 0 Å². The molecule has 0 aromatic heterocycles. The highest BCUT2D eigenvalue weighted by atomic mass is 16.2. The minimum Gasteiger partial charge on any atom is -0.334 e. The summed E-state index contributed by atoms with van der Waals surface area (Å²) in [6, 6.07) is 7.69. The summed E-state index contributed by atoms with van der Waals surface area (Å²) in [6.07, 6.45) is 3.34. The van der Waals surface area contributed by atoms with E-state index in [2.05, 4.69) is 13.2 Å². The van der Waals surface area contributed by atoms with Crippen LogP contribution in [0.25, 0.3) is 0 Å². The fraction of sp³-hybridized carbons (Fsp3) is 0.333. The third kappa shape index (κ3) is 4.00. The second-order valence-corrected chi connectivity index (χ2v) is 5.57. The summed E-state index contributed by atoms with van der Waals surface area (Å²) in [4.78, 5) is 29.8. The maximum absolute atomic E-state index is 12.5. The molecule has 0 unspecified atom stereocenters. The van der Waals surface area contributed by atoms with E-state index in [4.69, 9.17) is 0 Å². The topological polar surface area (TPSA) is 43.9 Å². The van der Waals surface area contributed by atoms with Crippen LogP contribution in [0, 0.1) is 6.92 Å². The van der Waals surface area contributed by atoms with Crippen molar-refractivity contribution >= 4 is 17.6 Å². The number of amides is 3. The molecule has 2 rings (SSSR count). The molecule has 0 bridgehead atoms. The smallest absolute Gasteiger partial charge is 0.325 e. The van der Waals surface area contributed by atoms with Crippen molar-refractivity contribution in [2.75, 3.05) is 37.6 Å². The van der Waals surface area contributed by atoms with Gasteiger partial charge in [0.05, 0.1) is 0 Å². The second kappa shape index (κ2) is 7.63. The number of anilines is 1. The zero-order valence-electron chi connectivity index (χ0n) is 13.6. The largest absolute Gasteiger partial charge is 0.334 e. The summed E-state index contributed by atoms with van der Waals surface area (Å²) >= 11 is 0. The summed E-state index contributed by atoms with van der Waals surface area (Å²) in [5.41, 5.74) is 2.02. The first-order valence-electron chi connectivity index (χ1n) is 7.69. The molecule has 1 aromatic carbocycles. The lowest BCUT2D eigenvalue weighted by molar-refractivity contribution is -0.130. The Bertz CT molecular complexity index is 585. The third-order valence-electron chi connectivity index (χ3n) is 3.82. The van der Waals surface area contributed by atoms with E-state index in [-0.39, 0.29) is 18.5 Å². The SMILES string of the molecule is C=CCN(CC=C)C(=O)CN1CCN(c2ccc(C)cc2)C1=O. The van der Waals surface area contributed by atoms with Gasteiger partial charge in [0.2, 0.25) is 5.91 Å². The summed E-state index contributed by atoms with van der Waals surface area (Å²) in [5, 5.41) is 0. The molecule has 0 N–H and O–H groups in total. The number of hydrogen-bond donors (Lipinski definition) is 0. The lowest BCUT2D eigenvalue weighted by Gasteiger charge is -2.23. The van der Waals surface area contributed by atoms with Gasteiger partial charge in [-0.1, -0.05) is 29.8 Å². The molecule has 1 heterocycles. The van der Waals surface area contributed by atoms with Gasteiger partial charge in [-0.05, 0) is 19.1 Å². The molecule has 122 valence electrons. The lowest BCUT2D eigenvalue weighted by atomic mass is 10.2. The van der Waals surface area contributed by atoms with Gasteiger partial charge in [0.1, 0.15) is 6.54 Å². The molecule has 5 nitrogen and oxygen atoms in total. The van der Waals surface area contributed by atoms with Crippen LogP contribution in [0.4, 0.5) is 10.5 Å². The van der Waals surface area contributed by atoms with Crippen LogP contribution in [0.15, 0.2) is 49.6 Å². The van der Waals surface area contributed by atoms with E-state index in [0.29, 0.717) is 26.2 Å². The molecule has 0 saturated carbocycles. The molecule has 0 atom stereocenters. The molecule has 0 aliphatic carbocycles. The number of benzene rings is 1. The molecule has 5 heteroatoms. The van der Waals surface area contributed by atoms with Gasteiger partial charge in [0.15, 0.2) is 0 Å². The molecular formula is C18H23N3O2. The second-order valence-electron chi connectivity index (χ2n) is 5.57. The number of hydrogen-bond acceptors (Lipinski definition) is 2. The van der Waals surface area contributed by atoms with Crippen molar-refractivity contribution in [3.63, 3.8) is 0 Å². The van der Waals surface area contributed by atoms with Crippen molar-refractivity contribution in [3.8, 4) is 0 Å². The van der Waals surface area contributed by atoms with Crippen LogP contribution in [0.3, 0.4) is 0 Å². The summed E-state index contributed by atoms with van der Waals surface area (Å²) in [6.45, 7) is 11.5. The number of rotatable bonds is 7. The molecule has 1 fully saturated rings. The first-order chi connectivity index (χ1) is 11.1. The van der Waals surface area contributed by atoms with Gasteiger partial charge < -0.3 is 9.80 Å². The number of carbonyl (C=O) groups is 2.